The molecular formula is C14H14FN3O2. The molecule has 0 spiro atoms. The highest BCUT2D eigenvalue weighted by molar-refractivity contribution is 5.99. The van der Waals surface area contributed by atoms with Crippen molar-refractivity contribution < 1.29 is 13.9 Å². The summed E-state index contributed by atoms with van der Waals surface area (Å²) < 4.78 is 18.3. The van der Waals surface area contributed by atoms with E-state index in [2.05, 4.69) is 10.6 Å². The number of amides is 2. The molecule has 0 aliphatic rings. The second-order valence-electron chi connectivity index (χ2n) is 4.05. The summed E-state index contributed by atoms with van der Waals surface area (Å²) in [6, 6.07) is 10.5. The Hall–Kier alpha value is -2.76. The van der Waals surface area contributed by atoms with Gasteiger partial charge in [0.15, 0.2) is 0 Å². The molecule has 4 N–H and O–H groups in total. The molecule has 20 heavy (non-hydrogen) atoms. The zero-order chi connectivity index (χ0) is 14.5. The Bertz CT molecular complexity index is 632. The predicted octanol–water partition coefficient (Wildman–Crippen LogP) is 3.06. The Morgan fingerprint density at radius 1 is 1.15 bits per heavy atom. The quantitative estimate of drug-likeness (QED) is 0.753. The first kappa shape index (κ1) is 13.7. The third-order valence-electron chi connectivity index (χ3n) is 2.59. The molecule has 0 aliphatic carbocycles. The van der Waals surface area contributed by atoms with Gasteiger partial charge in [-0.3, -0.25) is 0 Å². The van der Waals surface area contributed by atoms with Crippen LogP contribution >= 0.6 is 0 Å². The fraction of sp³-hybridized carbons (Fsp3) is 0.0714. The van der Waals surface area contributed by atoms with Crippen molar-refractivity contribution in [3.63, 3.8) is 0 Å². The number of rotatable bonds is 3. The summed E-state index contributed by atoms with van der Waals surface area (Å²) in [4.78, 5) is 11.8. The van der Waals surface area contributed by atoms with Crippen LogP contribution in [0.2, 0.25) is 0 Å². The molecule has 2 rings (SSSR count). The van der Waals surface area contributed by atoms with Crippen molar-refractivity contribution in [2.75, 3.05) is 23.5 Å². The smallest absolute Gasteiger partial charge is 0.323 e. The van der Waals surface area contributed by atoms with Crippen LogP contribution in [-0.2, 0) is 0 Å². The third-order valence-corrected chi connectivity index (χ3v) is 2.59. The van der Waals surface area contributed by atoms with Crippen molar-refractivity contribution in [3.05, 3.63) is 48.3 Å². The van der Waals surface area contributed by atoms with Crippen molar-refractivity contribution in [1.82, 2.24) is 0 Å². The van der Waals surface area contributed by atoms with Gasteiger partial charge in [-0.1, -0.05) is 6.07 Å². The van der Waals surface area contributed by atoms with Crippen LogP contribution < -0.4 is 21.1 Å². The van der Waals surface area contributed by atoms with Crippen molar-refractivity contribution in [1.29, 1.82) is 0 Å². The fourth-order valence-electron chi connectivity index (χ4n) is 1.60. The van der Waals surface area contributed by atoms with Gasteiger partial charge < -0.3 is 21.1 Å². The molecule has 0 aliphatic heterocycles. The minimum Gasteiger partial charge on any atom is -0.497 e. The number of ether oxygens (including phenoxy) is 1. The van der Waals surface area contributed by atoms with Crippen LogP contribution in [0.25, 0.3) is 0 Å². The van der Waals surface area contributed by atoms with E-state index in [9.17, 15) is 9.18 Å². The maximum atomic E-state index is 13.2. The van der Waals surface area contributed by atoms with Gasteiger partial charge >= 0.3 is 6.03 Å². The summed E-state index contributed by atoms with van der Waals surface area (Å²) >= 11 is 0. The second kappa shape index (κ2) is 5.92. The maximum absolute atomic E-state index is 13.2. The van der Waals surface area contributed by atoms with Crippen molar-refractivity contribution in [2.24, 2.45) is 0 Å². The molecule has 104 valence electrons. The van der Waals surface area contributed by atoms with Gasteiger partial charge in [0.2, 0.25) is 0 Å². The van der Waals surface area contributed by atoms with Crippen molar-refractivity contribution >= 4 is 23.1 Å². The molecule has 0 atom stereocenters. The number of anilines is 3. The number of urea groups is 1. The predicted molar refractivity (Wildman–Crippen MR) is 76.4 cm³/mol. The number of benzene rings is 2. The summed E-state index contributed by atoms with van der Waals surface area (Å²) in [7, 11) is 1.54. The Labute approximate surface area is 115 Å². The molecule has 0 saturated heterocycles. The molecule has 0 aromatic heterocycles. The topological polar surface area (TPSA) is 76.4 Å². The number of carbonyl (C=O) groups excluding carboxylic acids is 1. The number of halogens is 1. The van der Waals surface area contributed by atoms with E-state index in [0.717, 1.165) is 6.07 Å². The van der Waals surface area contributed by atoms with Crippen molar-refractivity contribution in [2.45, 2.75) is 0 Å². The first-order valence-electron chi connectivity index (χ1n) is 5.85. The Kier molecular flexibility index (Phi) is 4.05. The highest BCUT2D eigenvalue weighted by Gasteiger charge is 2.05. The number of methoxy groups -OCH3 is 1. The average Bonchev–Trinajstić information content (AvgIpc) is 2.43. The number of carbonyl (C=O) groups is 1. The third kappa shape index (κ3) is 3.38. The minimum atomic E-state index is -0.579. The SMILES string of the molecule is COc1cccc(NC(=O)Nc2ccc(N)c(F)c2)c1. The lowest BCUT2D eigenvalue weighted by Crippen LogP contribution is -2.19. The van der Waals surface area contributed by atoms with Gasteiger partial charge in [-0.2, -0.15) is 0 Å². The van der Waals surface area contributed by atoms with E-state index in [1.807, 2.05) is 0 Å². The normalized spacial score (nSPS) is 9.90. The molecule has 0 fully saturated rings. The van der Waals surface area contributed by atoms with Crippen LogP contribution in [0, 0.1) is 5.82 Å². The molecule has 2 amide bonds. The number of nitrogens with one attached hydrogen (secondary N) is 2. The van der Waals surface area contributed by atoms with Crippen molar-refractivity contribution in [3.8, 4) is 5.75 Å². The lowest BCUT2D eigenvalue weighted by atomic mass is 10.2. The van der Waals surface area contributed by atoms with Gasteiger partial charge in [-0.05, 0) is 30.3 Å². The first-order chi connectivity index (χ1) is 9.58. The molecule has 2 aromatic carbocycles. The van der Waals surface area contributed by atoms with Gasteiger partial charge in [0.25, 0.3) is 0 Å². The van der Waals surface area contributed by atoms with E-state index in [1.165, 1.54) is 19.2 Å². The largest absolute Gasteiger partial charge is 0.497 e. The molecule has 0 heterocycles. The van der Waals surface area contributed by atoms with Crippen LogP contribution in [0.3, 0.4) is 0 Å². The summed E-state index contributed by atoms with van der Waals surface area (Å²) in [5.41, 5.74) is 6.27. The van der Waals surface area contributed by atoms with Gasteiger partial charge in [0.05, 0.1) is 12.8 Å². The van der Waals surface area contributed by atoms with Crippen LogP contribution in [-0.4, -0.2) is 13.1 Å². The Morgan fingerprint density at radius 2 is 1.85 bits per heavy atom. The van der Waals surface area contributed by atoms with E-state index in [1.54, 1.807) is 24.3 Å². The van der Waals surface area contributed by atoms with E-state index in [-0.39, 0.29) is 5.69 Å². The van der Waals surface area contributed by atoms with E-state index in [4.69, 9.17) is 10.5 Å². The Morgan fingerprint density at radius 3 is 2.50 bits per heavy atom. The van der Waals surface area contributed by atoms with Gasteiger partial charge in [-0.25, -0.2) is 9.18 Å². The van der Waals surface area contributed by atoms with Gasteiger partial charge in [0, 0.05) is 17.4 Å². The molecule has 6 heteroatoms. The highest BCUT2D eigenvalue weighted by atomic mass is 19.1. The first-order valence-corrected chi connectivity index (χ1v) is 5.85. The summed E-state index contributed by atoms with van der Waals surface area (Å²) in [5.74, 6) is 0.0468. The highest BCUT2D eigenvalue weighted by Crippen LogP contribution is 2.18. The lowest BCUT2D eigenvalue weighted by molar-refractivity contribution is 0.262. The second-order valence-corrected chi connectivity index (χ2v) is 4.05. The summed E-state index contributed by atoms with van der Waals surface area (Å²) in [6.45, 7) is 0. The molecule has 0 bridgehead atoms. The van der Waals surface area contributed by atoms with E-state index in [0.29, 0.717) is 17.1 Å². The molecule has 2 aromatic rings. The zero-order valence-electron chi connectivity index (χ0n) is 10.8. The van der Waals surface area contributed by atoms with Crippen LogP contribution in [0.15, 0.2) is 42.5 Å². The van der Waals surface area contributed by atoms with Gasteiger partial charge in [-0.15, -0.1) is 0 Å². The number of hydrogen-bond donors (Lipinski definition) is 3. The monoisotopic (exact) mass is 275 g/mol. The van der Waals surface area contributed by atoms with E-state index >= 15 is 0 Å². The number of nitrogen functional groups attached to an aromatic ring is 1. The Balaban J connectivity index is 2.03. The molecule has 0 unspecified atom stereocenters. The van der Waals surface area contributed by atoms with Crippen LogP contribution in [0.1, 0.15) is 0 Å². The number of nitrogens with two attached hydrogens (primary N) is 1. The van der Waals surface area contributed by atoms with Crippen LogP contribution in [0.4, 0.5) is 26.2 Å². The van der Waals surface area contributed by atoms with E-state index < -0.39 is 11.8 Å². The van der Waals surface area contributed by atoms with Crippen LogP contribution in [0.5, 0.6) is 5.75 Å². The minimum absolute atomic E-state index is 0.0313. The summed E-state index contributed by atoms with van der Waals surface area (Å²) in [6.07, 6.45) is 0. The molecule has 5 nitrogen and oxygen atoms in total. The maximum Gasteiger partial charge on any atom is 0.323 e. The van der Waals surface area contributed by atoms with Gasteiger partial charge in [0.1, 0.15) is 11.6 Å². The molecule has 0 radical (unpaired) electrons. The number of hydrogen-bond acceptors (Lipinski definition) is 3. The fourth-order valence-corrected chi connectivity index (χ4v) is 1.60. The summed E-state index contributed by atoms with van der Waals surface area (Å²) in [5, 5.41) is 5.12. The average molecular weight is 275 g/mol. The molecular weight excluding hydrogens is 261 g/mol. The standard InChI is InChI=1S/C14H14FN3O2/c1-20-11-4-2-3-9(7-11)17-14(19)18-10-5-6-13(16)12(15)8-10/h2-8H,16H2,1H3,(H2,17,18,19). The molecule has 0 saturated carbocycles. The zero-order valence-corrected chi connectivity index (χ0v) is 10.8. The lowest BCUT2D eigenvalue weighted by Gasteiger charge is -2.09.